The van der Waals surface area contributed by atoms with Crippen molar-refractivity contribution in [2.75, 3.05) is 60.7 Å². The molecule has 0 saturated carbocycles. The van der Waals surface area contributed by atoms with Gasteiger partial charge in [-0.1, -0.05) is 22.7 Å². The zero-order chi connectivity index (χ0) is 49.2. The summed E-state index contributed by atoms with van der Waals surface area (Å²) in [4.78, 5) is 80.9. The van der Waals surface area contributed by atoms with Crippen molar-refractivity contribution in [2.45, 2.75) is 91.8 Å². The maximum Gasteiger partial charge on any atom is 0.410 e. The Morgan fingerprint density at radius 3 is 1.62 bits per heavy atom. The lowest BCUT2D eigenvalue weighted by molar-refractivity contribution is -0.124. The van der Waals surface area contributed by atoms with Crippen molar-refractivity contribution in [2.24, 2.45) is 11.8 Å². The molecule has 0 radical (unpaired) electrons. The molecular formula is C49H62N14O4S2. The molecule has 6 aromatic rings. The van der Waals surface area contributed by atoms with E-state index >= 15 is 0 Å². The number of anilines is 6. The molecule has 1 amide bonds. The first-order chi connectivity index (χ1) is 33.0. The van der Waals surface area contributed by atoms with Crippen LogP contribution in [0.4, 0.5) is 38.3 Å². The minimum atomic E-state index is -0.606. The highest BCUT2D eigenvalue weighted by Crippen LogP contribution is 2.34. The van der Waals surface area contributed by atoms with E-state index in [4.69, 9.17) is 4.74 Å². The van der Waals surface area contributed by atoms with Crippen LogP contribution in [0.15, 0.2) is 73.6 Å². The Kier molecular flexibility index (Phi) is 16.6. The topological polar surface area (TPSA) is 209 Å². The highest BCUT2D eigenvalue weighted by atomic mass is 32.1. The van der Waals surface area contributed by atoms with Crippen molar-refractivity contribution in [3.05, 3.63) is 85.2 Å². The molecule has 8 rings (SSSR count). The number of thiazole rings is 2. The van der Waals surface area contributed by atoms with E-state index in [1.54, 1.807) is 61.4 Å². The molecule has 8 heterocycles. The van der Waals surface area contributed by atoms with Crippen LogP contribution in [0.1, 0.15) is 72.0 Å². The van der Waals surface area contributed by atoms with Crippen molar-refractivity contribution < 1.29 is 19.1 Å². The molecular weight excluding hydrogens is 913 g/mol. The number of aryl methyl sites for hydroxylation is 2. The molecule has 2 saturated heterocycles. The van der Waals surface area contributed by atoms with Gasteiger partial charge in [-0.25, -0.2) is 34.7 Å². The van der Waals surface area contributed by atoms with Gasteiger partial charge in [0, 0.05) is 95.4 Å². The summed E-state index contributed by atoms with van der Waals surface area (Å²) < 4.78 is 5.40. The number of carbonyl (C=O) groups excluding carboxylic acids is 3. The van der Waals surface area contributed by atoms with Gasteiger partial charge in [0.1, 0.15) is 46.3 Å². The number of nitrogens with zero attached hydrogens (tertiary/aromatic N) is 11. The zero-order valence-electron chi connectivity index (χ0n) is 40.8. The monoisotopic (exact) mass is 974 g/mol. The van der Waals surface area contributed by atoms with Crippen LogP contribution in [0.2, 0.25) is 0 Å². The summed E-state index contributed by atoms with van der Waals surface area (Å²) in [7, 11) is 3.43. The number of ether oxygens (including phenoxy) is 1. The largest absolute Gasteiger partial charge is 0.444 e. The lowest BCUT2D eigenvalue weighted by Gasteiger charge is -2.28. The smallest absolute Gasteiger partial charge is 0.410 e. The van der Waals surface area contributed by atoms with Crippen LogP contribution in [0.3, 0.4) is 0 Å². The molecule has 2 aliphatic rings. The van der Waals surface area contributed by atoms with E-state index in [0.717, 1.165) is 81.1 Å². The SMILES string of the molecule is CN[C@@H](C)C(=O)C[C@H]1CCN(c2cc(Nc3ncc(-c4ccncc4)s3)nc(C)n2)C1.Cc1nc(Nc2ncc(-c3ccncc3)s2)cc(N2CC[C@H](CC(=O)[C@H](C)N(C)C(=O)OC(C)(C)C)C2)n1. The van der Waals surface area contributed by atoms with Crippen molar-refractivity contribution in [1.29, 1.82) is 0 Å². The van der Waals surface area contributed by atoms with Crippen LogP contribution in [0.25, 0.3) is 20.9 Å². The Hall–Kier alpha value is -6.51. The maximum absolute atomic E-state index is 13.0. The van der Waals surface area contributed by atoms with Crippen LogP contribution >= 0.6 is 22.7 Å². The van der Waals surface area contributed by atoms with E-state index in [1.807, 2.05) is 97.4 Å². The van der Waals surface area contributed by atoms with Gasteiger partial charge in [0.2, 0.25) is 0 Å². The summed E-state index contributed by atoms with van der Waals surface area (Å²) in [6.45, 7) is 16.1. The average molecular weight is 975 g/mol. The van der Waals surface area contributed by atoms with Crippen LogP contribution in [0.5, 0.6) is 0 Å². The molecule has 2 fully saturated rings. The van der Waals surface area contributed by atoms with Crippen molar-refractivity contribution in [3.8, 4) is 20.9 Å². The number of amides is 1. The standard InChI is InChI=1S/C27H35N7O3S.C22H27N7OS/c1-17(33(6)26(36)37-27(3,4)5)21(35)13-19-9-12-34(16-19)24-14-23(30-18(2)31-24)32-25-29-15-22(38-25)20-7-10-28-11-8-20;1-14(23-3)18(30)10-16-6-9-29(13-16)21-11-20(26-15(2)27-21)28-22-25-12-19(31-22)17-4-7-24-8-5-17/h7-8,10-11,14-15,17,19H,9,12-13,16H2,1-6H3,(H,29,30,31,32);4-5,7-8,11-12,14,16,23H,6,9-10,13H2,1-3H3,(H,25,26,27,28)/t17-,19+;14-,16+/m00/s1. The molecule has 2 aliphatic heterocycles. The second-order valence-electron chi connectivity index (χ2n) is 18.4. The molecule has 0 aromatic carbocycles. The summed E-state index contributed by atoms with van der Waals surface area (Å²) in [5.41, 5.74) is 1.55. The maximum atomic E-state index is 13.0. The van der Waals surface area contributed by atoms with E-state index in [9.17, 15) is 14.4 Å². The molecule has 4 atom stereocenters. The fourth-order valence-corrected chi connectivity index (χ4v) is 9.60. The molecule has 18 nitrogen and oxygen atoms in total. The number of hydrogen-bond donors (Lipinski definition) is 3. The van der Waals surface area contributed by atoms with E-state index in [0.29, 0.717) is 42.8 Å². The summed E-state index contributed by atoms with van der Waals surface area (Å²) in [6, 6.07) is 11.1. The highest BCUT2D eigenvalue weighted by molar-refractivity contribution is 7.19. The van der Waals surface area contributed by atoms with Gasteiger partial charge < -0.3 is 35.4 Å². The number of carbonyl (C=O) groups is 3. The van der Waals surface area contributed by atoms with Gasteiger partial charge in [-0.3, -0.25) is 19.6 Å². The molecule has 0 unspecified atom stereocenters. The Bertz CT molecular complexity index is 2680. The van der Waals surface area contributed by atoms with Gasteiger partial charge in [-0.15, -0.1) is 0 Å². The van der Waals surface area contributed by atoms with Gasteiger partial charge in [0.25, 0.3) is 0 Å². The first-order valence-electron chi connectivity index (χ1n) is 23.2. The normalized spacial score (nSPS) is 16.6. The number of pyridine rings is 2. The van der Waals surface area contributed by atoms with Crippen molar-refractivity contribution >= 4 is 73.9 Å². The lowest BCUT2D eigenvalue weighted by Crippen LogP contribution is -2.43. The molecule has 0 bridgehead atoms. The van der Waals surface area contributed by atoms with Gasteiger partial charge in [-0.05, 0) is 116 Å². The van der Waals surface area contributed by atoms with E-state index in [-0.39, 0.29) is 23.5 Å². The van der Waals surface area contributed by atoms with Crippen molar-refractivity contribution in [3.63, 3.8) is 0 Å². The fraction of sp³-hybridized carbons (Fsp3) is 0.449. The first-order valence-corrected chi connectivity index (χ1v) is 24.8. The van der Waals surface area contributed by atoms with E-state index in [1.165, 1.54) is 4.90 Å². The Balaban J connectivity index is 0.000000208. The van der Waals surface area contributed by atoms with E-state index in [2.05, 4.69) is 65.6 Å². The Labute approximate surface area is 411 Å². The summed E-state index contributed by atoms with van der Waals surface area (Å²) in [5, 5.41) is 11.2. The van der Waals surface area contributed by atoms with Crippen molar-refractivity contribution in [1.82, 2.24) is 50.1 Å². The molecule has 6 aromatic heterocycles. The van der Waals surface area contributed by atoms with Gasteiger partial charge in [0.05, 0.1) is 21.8 Å². The van der Waals surface area contributed by atoms with Gasteiger partial charge >= 0.3 is 6.09 Å². The predicted molar refractivity (Wildman–Crippen MR) is 273 cm³/mol. The second kappa shape index (κ2) is 22.7. The van der Waals surface area contributed by atoms with Crippen LogP contribution in [-0.2, 0) is 14.3 Å². The lowest BCUT2D eigenvalue weighted by atomic mass is 9.98. The molecule has 0 aliphatic carbocycles. The second-order valence-corrected chi connectivity index (χ2v) is 20.5. The van der Waals surface area contributed by atoms with Gasteiger partial charge in [-0.2, -0.15) is 0 Å². The van der Waals surface area contributed by atoms with Crippen LogP contribution in [0, 0.1) is 25.7 Å². The minimum Gasteiger partial charge on any atom is -0.444 e. The third-order valence-corrected chi connectivity index (χ3v) is 13.8. The number of aromatic nitrogens is 8. The number of Topliss-reactive ketones (excluding diaryl/α,β-unsaturated/α-hetero) is 2. The summed E-state index contributed by atoms with van der Waals surface area (Å²) in [6.07, 6.45) is 13.1. The minimum absolute atomic E-state index is 0.0280. The number of rotatable bonds is 16. The Morgan fingerprint density at radius 1 is 0.739 bits per heavy atom. The Morgan fingerprint density at radius 2 is 1.19 bits per heavy atom. The molecule has 364 valence electrons. The number of ketones is 2. The number of hydrogen-bond acceptors (Lipinski definition) is 19. The summed E-state index contributed by atoms with van der Waals surface area (Å²) >= 11 is 3.11. The van der Waals surface area contributed by atoms with Gasteiger partial charge in [0.15, 0.2) is 16.0 Å². The third kappa shape index (κ3) is 14.0. The summed E-state index contributed by atoms with van der Waals surface area (Å²) in [5.74, 6) is 5.30. The third-order valence-electron chi connectivity index (χ3n) is 11.9. The average Bonchev–Trinajstić information content (AvgIpc) is 4.17. The number of likely N-dealkylation sites (N-methyl/N-ethyl adjacent to an activating group) is 2. The van der Waals surface area contributed by atoms with E-state index < -0.39 is 17.7 Å². The number of nitrogens with one attached hydrogen (secondary N) is 3. The first kappa shape index (κ1) is 50.4. The molecule has 3 N–H and O–H groups in total. The highest BCUT2D eigenvalue weighted by Gasteiger charge is 2.32. The predicted octanol–water partition coefficient (Wildman–Crippen LogP) is 8.53. The molecule has 0 spiro atoms. The quantitative estimate of drug-likeness (QED) is 0.0830. The zero-order valence-corrected chi connectivity index (χ0v) is 42.4. The van der Waals surface area contributed by atoms with Crippen LogP contribution in [-0.4, -0.2) is 120 Å². The fourth-order valence-electron chi connectivity index (χ4n) is 7.94. The molecule has 69 heavy (non-hydrogen) atoms. The van der Waals surface area contributed by atoms with Crippen LogP contribution < -0.4 is 25.8 Å². The molecule has 20 heteroatoms.